The number of carboxylic acids is 1. The van der Waals surface area contributed by atoms with Crippen molar-refractivity contribution in [3.63, 3.8) is 0 Å². The SMILES string of the molecule is Cc1ccc(NC2CCCC(C)C2)c(C(=O)O)c1. The first-order valence-electron chi connectivity index (χ1n) is 6.66. The van der Waals surface area contributed by atoms with Crippen molar-refractivity contribution in [1.82, 2.24) is 0 Å². The quantitative estimate of drug-likeness (QED) is 0.856. The van der Waals surface area contributed by atoms with E-state index >= 15 is 0 Å². The fourth-order valence-corrected chi connectivity index (χ4v) is 2.75. The van der Waals surface area contributed by atoms with Crippen LogP contribution >= 0.6 is 0 Å². The van der Waals surface area contributed by atoms with E-state index in [1.165, 1.54) is 12.8 Å². The zero-order valence-corrected chi connectivity index (χ0v) is 11.1. The topological polar surface area (TPSA) is 49.3 Å². The summed E-state index contributed by atoms with van der Waals surface area (Å²) in [5.41, 5.74) is 2.12. The van der Waals surface area contributed by atoms with Crippen molar-refractivity contribution in [2.75, 3.05) is 5.32 Å². The molecule has 3 nitrogen and oxygen atoms in total. The Bertz CT molecular complexity index is 442. The fourth-order valence-electron chi connectivity index (χ4n) is 2.75. The molecule has 0 amide bonds. The van der Waals surface area contributed by atoms with Crippen LogP contribution in [0.25, 0.3) is 0 Å². The summed E-state index contributed by atoms with van der Waals surface area (Å²) >= 11 is 0. The summed E-state index contributed by atoms with van der Waals surface area (Å²) in [5.74, 6) is -0.125. The Morgan fingerprint density at radius 2 is 2.17 bits per heavy atom. The van der Waals surface area contributed by atoms with Crippen LogP contribution in [0.15, 0.2) is 18.2 Å². The zero-order chi connectivity index (χ0) is 13.1. The van der Waals surface area contributed by atoms with E-state index in [4.69, 9.17) is 0 Å². The number of nitrogens with one attached hydrogen (secondary N) is 1. The molecule has 1 aliphatic rings. The van der Waals surface area contributed by atoms with Gasteiger partial charge in [0.05, 0.1) is 5.56 Å². The van der Waals surface area contributed by atoms with Gasteiger partial charge in [-0.15, -0.1) is 0 Å². The molecule has 0 spiro atoms. The van der Waals surface area contributed by atoms with Crippen LogP contribution in [0.3, 0.4) is 0 Å². The number of hydrogen-bond acceptors (Lipinski definition) is 2. The van der Waals surface area contributed by atoms with Crippen LogP contribution in [0.5, 0.6) is 0 Å². The molecule has 0 heterocycles. The molecule has 2 N–H and O–H groups in total. The zero-order valence-electron chi connectivity index (χ0n) is 11.1. The van der Waals surface area contributed by atoms with E-state index in [0.29, 0.717) is 11.6 Å². The van der Waals surface area contributed by atoms with Gasteiger partial charge in [0.1, 0.15) is 0 Å². The molecule has 2 unspecified atom stereocenters. The van der Waals surface area contributed by atoms with Crippen molar-refractivity contribution in [3.05, 3.63) is 29.3 Å². The van der Waals surface area contributed by atoms with Gasteiger partial charge in [-0.05, 0) is 37.8 Å². The maximum absolute atomic E-state index is 11.2. The fraction of sp³-hybridized carbons (Fsp3) is 0.533. The second-order valence-corrected chi connectivity index (χ2v) is 5.47. The van der Waals surface area contributed by atoms with E-state index in [2.05, 4.69) is 12.2 Å². The molecule has 1 aromatic rings. The van der Waals surface area contributed by atoms with Crippen LogP contribution < -0.4 is 5.32 Å². The molecule has 2 rings (SSSR count). The van der Waals surface area contributed by atoms with Crippen molar-refractivity contribution in [2.45, 2.75) is 45.6 Å². The van der Waals surface area contributed by atoms with Gasteiger partial charge >= 0.3 is 5.97 Å². The molecule has 18 heavy (non-hydrogen) atoms. The van der Waals surface area contributed by atoms with Crippen molar-refractivity contribution >= 4 is 11.7 Å². The molecule has 0 radical (unpaired) electrons. The smallest absolute Gasteiger partial charge is 0.337 e. The number of carboxylic acid groups (broad SMARTS) is 1. The summed E-state index contributed by atoms with van der Waals surface area (Å²) in [6, 6.07) is 5.99. The monoisotopic (exact) mass is 247 g/mol. The molecule has 1 aromatic carbocycles. The van der Waals surface area contributed by atoms with Gasteiger partial charge in [0, 0.05) is 11.7 Å². The molecule has 0 saturated heterocycles. The van der Waals surface area contributed by atoms with Crippen LogP contribution in [-0.4, -0.2) is 17.1 Å². The molecule has 1 fully saturated rings. The van der Waals surface area contributed by atoms with E-state index in [1.807, 2.05) is 19.1 Å². The van der Waals surface area contributed by atoms with Gasteiger partial charge < -0.3 is 10.4 Å². The largest absolute Gasteiger partial charge is 0.478 e. The summed E-state index contributed by atoms with van der Waals surface area (Å²) in [5, 5.41) is 12.6. The molecule has 1 aliphatic carbocycles. The van der Waals surface area contributed by atoms with Gasteiger partial charge in [-0.3, -0.25) is 0 Å². The van der Waals surface area contributed by atoms with Crippen molar-refractivity contribution in [3.8, 4) is 0 Å². The lowest BCUT2D eigenvalue weighted by molar-refractivity contribution is 0.0697. The Kier molecular flexibility index (Phi) is 3.90. The minimum Gasteiger partial charge on any atom is -0.478 e. The summed E-state index contributed by atoms with van der Waals surface area (Å²) in [7, 11) is 0. The number of hydrogen-bond donors (Lipinski definition) is 2. The lowest BCUT2D eigenvalue weighted by Crippen LogP contribution is -2.27. The second-order valence-electron chi connectivity index (χ2n) is 5.47. The van der Waals surface area contributed by atoms with E-state index < -0.39 is 5.97 Å². The predicted molar refractivity (Wildman–Crippen MR) is 73.2 cm³/mol. The van der Waals surface area contributed by atoms with Gasteiger partial charge in [0.15, 0.2) is 0 Å². The van der Waals surface area contributed by atoms with E-state index in [9.17, 15) is 9.90 Å². The van der Waals surface area contributed by atoms with Crippen LogP contribution in [0.1, 0.15) is 48.5 Å². The van der Waals surface area contributed by atoms with Gasteiger partial charge in [0.25, 0.3) is 0 Å². The lowest BCUT2D eigenvalue weighted by atomic mass is 9.87. The number of benzene rings is 1. The summed E-state index contributed by atoms with van der Waals surface area (Å²) < 4.78 is 0. The van der Waals surface area contributed by atoms with E-state index in [1.54, 1.807) is 6.07 Å². The maximum Gasteiger partial charge on any atom is 0.337 e. The van der Waals surface area contributed by atoms with Gasteiger partial charge in [-0.2, -0.15) is 0 Å². The number of carbonyl (C=O) groups is 1. The maximum atomic E-state index is 11.2. The Labute approximate surface area is 108 Å². The molecular formula is C15H21NO2. The molecule has 0 bridgehead atoms. The number of aryl methyl sites for hydroxylation is 1. The third kappa shape index (κ3) is 3.03. The highest BCUT2D eigenvalue weighted by Gasteiger charge is 2.20. The first-order chi connectivity index (χ1) is 8.56. The first kappa shape index (κ1) is 12.9. The average molecular weight is 247 g/mol. The van der Waals surface area contributed by atoms with E-state index in [0.717, 1.165) is 30.0 Å². The normalized spacial score (nSPS) is 23.7. The van der Waals surface area contributed by atoms with E-state index in [-0.39, 0.29) is 0 Å². The number of anilines is 1. The molecule has 0 aromatic heterocycles. The Morgan fingerprint density at radius 1 is 1.39 bits per heavy atom. The lowest BCUT2D eigenvalue weighted by Gasteiger charge is -2.28. The standard InChI is InChI=1S/C15H21NO2/c1-10-4-3-5-12(8-10)16-14-7-6-11(2)9-13(14)15(17)18/h6-7,9-10,12,16H,3-5,8H2,1-2H3,(H,17,18). The average Bonchev–Trinajstić information content (AvgIpc) is 2.31. The molecule has 3 heteroatoms. The molecule has 98 valence electrons. The predicted octanol–water partition coefficient (Wildman–Crippen LogP) is 3.68. The third-order valence-electron chi connectivity index (χ3n) is 3.70. The number of rotatable bonds is 3. The third-order valence-corrected chi connectivity index (χ3v) is 3.70. The van der Waals surface area contributed by atoms with Crippen molar-refractivity contribution in [1.29, 1.82) is 0 Å². The molecule has 0 aliphatic heterocycles. The van der Waals surface area contributed by atoms with Crippen LogP contribution in [0, 0.1) is 12.8 Å². The van der Waals surface area contributed by atoms with Gasteiger partial charge in [-0.25, -0.2) is 4.79 Å². The highest BCUT2D eigenvalue weighted by atomic mass is 16.4. The molecule has 2 atom stereocenters. The number of aromatic carboxylic acids is 1. The first-order valence-corrected chi connectivity index (χ1v) is 6.66. The van der Waals surface area contributed by atoms with Crippen molar-refractivity contribution < 1.29 is 9.90 Å². The Balaban J connectivity index is 2.15. The van der Waals surface area contributed by atoms with Gasteiger partial charge in [-0.1, -0.05) is 31.4 Å². The highest BCUT2D eigenvalue weighted by Crippen LogP contribution is 2.27. The summed E-state index contributed by atoms with van der Waals surface area (Å²) in [4.78, 5) is 11.2. The summed E-state index contributed by atoms with van der Waals surface area (Å²) in [6.45, 7) is 4.18. The van der Waals surface area contributed by atoms with Crippen LogP contribution in [0.4, 0.5) is 5.69 Å². The minimum atomic E-state index is -0.856. The van der Waals surface area contributed by atoms with Crippen LogP contribution in [-0.2, 0) is 0 Å². The Morgan fingerprint density at radius 3 is 2.83 bits per heavy atom. The van der Waals surface area contributed by atoms with Crippen LogP contribution in [0.2, 0.25) is 0 Å². The second kappa shape index (κ2) is 5.42. The van der Waals surface area contributed by atoms with Crippen molar-refractivity contribution in [2.24, 2.45) is 5.92 Å². The minimum absolute atomic E-state index is 0.383. The summed E-state index contributed by atoms with van der Waals surface area (Å²) in [6.07, 6.45) is 4.79. The van der Waals surface area contributed by atoms with Gasteiger partial charge in [0.2, 0.25) is 0 Å². The Hall–Kier alpha value is -1.51. The highest BCUT2D eigenvalue weighted by molar-refractivity contribution is 5.94. The molecule has 1 saturated carbocycles. The molecular weight excluding hydrogens is 226 g/mol.